The lowest BCUT2D eigenvalue weighted by molar-refractivity contribution is 0.128. The second-order valence-corrected chi connectivity index (χ2v) is 5.32. The highest BCUT2D eigenvalue weighted by Gasteiger charge is 2.26. The van der Waals surface area contributed by atoms with Crippen molar-refractivity contribution in [1.29, 1.82) is 0 Å². The van der Waals surface area contributed by atoms with Crippen LogP contribution in [0.1, 0.15) is 36.0 Å². The summed E-state index contributed by atoms with van der Waals surface area (Å²) in [4.78, 5) is 0. The number of hydrogen-bond donors (Lipinski definition) is 2. The predicted octanol–water partition coefficient (Wildman–Crippen LogP) is 2.33. The summed E-state index contributed by atoms with van der Waals surface area (Å²) < 4.78 is 31.4. The van der Waals surface area contributed by atoms with E-state index in [0.29, 0.717) is 17.0 Å². The molecule has 2 aromatic rings. The van der Waals surface area contributed by atoms with Crippen molar-refractivity contribution < 1.29 is 18.4 Å². The first-order valence-electron chi connectivity index (χ1n) is 6.94. The molecule has 112 valence electrons. The van der Waals surface area contributed by atoms with Gasteiger partial charge >= 0.3 is 0 Å². The predicted molar refractivity (Wildman–Crippen MR) is 71.7 cm³/mol. The number of hydrogen-bond acceptors (Lipinski definition) is 4. The topological polar surface area (TPSA) is 58.3 Å². The van der Waals surface area contributed by atoms with Crippen molar-refractivity contribution in [2.75, 3.05) is 6.54 Å². The summed E-state index contributed by atoms with van der Waals surface area (Å²) in [6.45, 7) is 0.884. The highest BCUT2D eigenvalue weighted by atomic mass is 19.1. The number of aromatic nitrogens is 1. The van der Waals surface area contributed by atoms with Crippen LogP contribution in [-0.4, -0.2) is 22.8 Å². The lowest BCUT2D eigenvalue weighted by Crippen LogP contribution is -2.28. The molecular formula is C15H16F2N2O2. The number of rotatable bonds is 4. The molecule has 2 heterocycles. The van der Waals surface area contributed by atoms with Crippen molar-refractivity contribution in [2.45, 2.75) is 31.4 Å². The molecule has 0 spiro atoms. The summed E-state index contributed by atoms with van der Waals surface area (Å²) in [6, 6.07) is 4.94. The second kappa shape index (κ2) is 5.91. The zero-order chi connectivity index (χ0) is 14.8. The molecule has 1 fully saturated rings. The Morgan fingerprint density at radius 1 is 1.29 bits per heavy atom. The summed E-state index contributed by atoms with van der Waals surface area (Å²) in [5.41, 5.74) is 0.907. The first-order chi connectivity index (χ1) is 10.1. The van der Waals surface area contributed by atoms with Crippen LogP contribution in [0.2, 0.25) is 0 Å². The van der Waals surface area contributed by atoms with E-state index < -0.39 is 17.7 Å². The van der Waals surface area contributed by atoms with Gasteiger partial charge in [0.1, 0.15) is 29.2 Å². The van der Waals surface area contributed by atoms with Crippen LogP contribution in [0.15, 0.2) is 28.8 Å². The monoisotopic (exact) mass is 294 g/mol. The first kappa shape index (κ1) is 14.2. The standard InChI is InChI=1S/C15H16F2N2O2/c16-10-4-9(5-11(17)7-10)6-12-8-14(19-21-12)15(20)13-2-1-3-18-13/h4-5,7-8,13,15,18,20H,1-3,6H2/t13-,15-/m0/s1. The van der Waals surface area contributed by atoms with Gasteiger partial charge in [0.25, 0.3) is 0 Å². The fourth-order valence-electron chi connectivity index (χ4n) is 2.65. The Kier molecular flexibility index (Phi) is 3.98. The molecule has 0 amide bonds. The molecule has 6 heteroatoms. The lowest BCUT2D eigenvalue weighted by atomic mass is 10.0. The molecule has 1 aromatic heterocycles. The van der Waals surface area contributed by atoms with Gasteiger partial charge in [-0.05, 0) is 37.1 Å². The first-order valence-corrected chi connectivity index (χ1v) is 6.94. The fourth-order valence-corrected chi connectivity index (χ4v) is 2.65. The SMILES string of the molecule is O[C@H](c1cc(Cc2cc(F)cc(F)c2)on1)[C@@H]1CCCN1. The van der Waals surface area contributed by atoms with Crippen molar-refractivity contribution in [3.05, 3.63) is 52.9 Å². The van der Waals surface area contributed by atoms with Gasteiger partial charge in [-0.15, -0.1) is 0 Å². The molecular weight excluding hydrogens is 278 g/mol. The van der Waals surface area contributed by atoms with E-state index in [-0.39, 0.29) is 12.5 Å². The number of nitrogens with zero attached hydrogens (tertiary/aromatic N) is 1. The maximum absolute atomic E-state index is 13.1. The highest BCUT2D eigenvalue weighted by molar-refractivity contribution is 5.23. The smallest absolute Gasteiger partial charge is 0.141 e. The molecule has 4 nitrogen and oxygen atoms in total. The van der Waals surface area contributed by atoms with E-state index in [1.165, 1.54) is 12.1 Å². The third kappa shape index (κ3) is 3.28. The zero-order valence-corrected chi connectivity index (χ0v) is 11.4. The van der Waals surface area contributed by atoms with E-state index in [9.17, 15) is 13.9 Å². The van der Waals surface area contributed by atoms with Crippen molar-refractivity contribution in [3.8, 4) is 0 Å². The normalized spacial score (nSPS) is 19.9. The average Bonchev–Trinajstić information content (AvgIpc) is 3.07. The molecule has 1 aliphatic heterocycles. The van der Waals surface area contributed by atoms with Gasteiger partial charge in [0, 0.05) is 24.6 Å². The van der Waals surface area contributed by atoms with Crippen molar-refractivity contribution in [1.82, 2.24) is 10.5 Å². The van der Waals surface area contributed by atoms with Crippen molar-refractivity contribution >= 4 is 0 Å². The number of nitrogens with one attached hydrogen (secondary N) is 1. The summed E-state index contributed by atoms with van der Waals surface area (Å²) in [5.74, 6) is -0.785. The minimum absolute atomic E-state index is 0.0189. The third-order valence-electron chi connectivity index (χ3n) is 3.66. The highest BCUT2D eigenvalue weighted by Crippen LogP contribution is 2.23. The summed E-state index contributed by atoms with van der Waals surface area (Å²) >= 11 is 0. The second-order valence-electron chi connectivity index (χ2n) is 5.32. The van der Waals surface area contributed by atoms with E-state index in [4.69, 9.17) is 4.52 Å². The van der Waals surface area contributed by atoms with Gasteiger partial charge in [-0.25, -0.2) is 8.78 Å². The number of halogens is 2. The minimum Gasteiger partial charge on any atom is -0.385 e. The molecule has 0 saturated carbocycles. The summed E-state index contributed by atoms with van der Waals surface area (Å²) in [7, 11) is 0. The van der Waals surface area contributed by atoms with Crippen LogP contribution in [-0.2, 0) is 6.42 Å². The molecule has 2 N–H and O–H groups in total. The Bertz CT molecular complexity index is 604. The van der Waals surface area contributed by atoms with E-state index in [1.807, 2.05) is 0 Å². The maximum atomic E-state index is 13.1. The lowest BCUT2D eigenvalue weighted by Gasteiger charge is -2.14. The summed E-state index contributed by atoms with van der Waals surface area (Å²) in [5, 5.41) is 17.2. The Hall–Kier alpha value is -1.79. The minimum atomic E-state index is -0.728. The van der Waals surface area contributed by atoms with Gasteiger partial charge in [0.2, 0.25) is 0 Å². The average molecular weight is 294 g/mol. The number of benzene rings is 1. The van der Waals surface area contributed by atoms with Crippen molar-refractivity contribution in [3.63, 3.8) is 0 Å². The Morgan fingerprint density at radius 3 is 2.71 bits per heavy atom. The van der Waals surface area contributed by atoms with Gasteiger partial charge < -0.3 is 14.9 Å². The van der Waals surface area contributed by atoms with Gasteiger partial charge in [-0.1, -0.05) is 5.16 Å². The van der Waals surface area contributed by atoms with Crippen LogP contribution in [0.4, 0.5) is 8.78 Å². The largest absolute Gasteiger partial charge is 0.385 e. The molecule has 1 saturated heterocycles. The zero-order valence-electron chi connectivity index (χ0n) is 11.4. The van der Waals surface area contributed by atoms with Crippen LogP contribution in [0, 0.1) is 11.6 Å². The van der Waals surface area contributed by atoms with Gasteiger partial charge in [-0.2, -0.15) is 0 Å². The van der Waals surface area contributed by atoms with E-state index in [2.05, 4.69) is 10.5 Å². The van der Waals surface area contributed by atoms with E-state index in [0.717, 1.165) is 25.5 Å². The molecule has 1 aliphatic rings. The van der Waals surface area contributed by atoms with Crippen LogP contribution >= 0.6 is 0 Å². The Balaban J connectivity index is 1.72. The maximum Gasteiger partial charge on any atom is 0.141 e. The van der Waals surface area contributed by atoms with Gasteiger partial charge in [-0.3, -0.25) is 0 Å². The third-order valence-corrected chi connectivity index (χ3v) is 3.66. The fraction of sp³-hybridized carbons (Fsp3) is 0.400. The van der Waals surface area contributed by atoms with Crippen molar-refractivity contribution in [2.24, 2.45) is 0 Å². The Labute approximate surface area is 120 Å². The van der Waals surface area contributed by atoms with E-state index >= 15 is 0 Å². The van der Waals surface area contributed by atoms with Crippen LogP contribution in [0.3, 0.4) is 0 Å². The molecule has 0 bridgehead atoms. The number of aliphatic hydroxyl groups excluding tert-OH is 1. The van der Waals surface area contributed by atoms with Crippen LogP contribution < -0.4 is 5.32 Å². The molecule has 3 rings (SSSR count). The summed E-state index contributed by atoms with van der Waals surface area (Å²) in [6.07, 6.45) is 1.41. The molecule has 0 unspecified atom stereocenters. The molecule has 2 atom stereocenters. The van der Waals surface area contributed by atoms with Gasteiger partial charge in [0.15, 0.2) is 0 Å². The van der Waals surface area contributed by atoms with Crippen LogP contribution in [0.25, 0.3) is 0 Å². The quantitative estimate of drug-likeness (QED) is 0.908. The Morgan fingerprint density at radius 2 is 2.05 bits per heavy atom. The van der Waals surface area contributed by atoms with Gasteiger partial charge in [0.05, 0.1) is 0 Å². The molecule has 1 aromatic carbocycles. The van der Waals surface area contributed by atoms with E-state index in [1.54, 1.807) is 6.07 Å². The van der Waals surface area contributed by atoms with Crippen LogP contribution in [0.5, 0.6) is 0 Å². The molecule has 21 heavy (non-hydrogen) atoms. The molecule has 0 radical (unpaired) electrons. The number of aliphatic hydroxyl groups is 1. The molecule has 0 aliphatic carbocycles.